The van der Waals surface area contributed by atoms with E-state index in [1.165, 1.54) is 6.20 Å². The average molecular weight is 368 g/mol. The van der Waals surface area contributed by atoms with Gasteiger partial charge in [0.05, 0.1) is 5.69 Å². The van der Waals surface area contributed by atoms with Gasteiger partial charge in [0.15, 0.2) is 0 Å². The summed E-state index contributed by atoms with van der Waals surface area (Å²) < 4.78 is 0. The molecule has 1 heterocycles. The lowest BCUT2D eigenvalue weighted by molar-refractivity contribution is 0.102. The van der Waals surface area contributed by atoms with E-state index in [0.717, 1.165) is 16.3 Å². The standard InChI is InChI=1S/C18H12BrN2O2/c19-10-12-7-8-15(14-5-2-1-4-13(12)14)18(23)21-16-6-3-9-20-17(16)11-22/h1-9H,10H2,(H,21,23). The number of rotatable bonds is 4. The number of benzene rings is 2. The van der Waals surface area contributed by atoms with Crippen molar-refractivity contribution >= 4 is 44.6 Å². The molecule has 1 N–H and O–H groups in total. The van der Waals surface area contributed by atoms with Gasteiger partial charge in [-0.25, -0.2) is 0 Å². The molecule has 0 aliphatic heterocycles. The summed E-state index contributed by atoms with van der Waals surface area (Å²) in [6, 6.07) is 14.7. The second-order valence-electron chi connectivity index (χ2n) is 4.91. The Morgan fingerprint density at radius 1 is 1.09 bits per heavy atom. The molecule has 4 nitrogen and oxygen atoms in total. The lowest BCUT2D eigenvalue weighted by Gasteiger charge is -2.11. The van der Waals surface area contributed by atoms with Gasteiger partial charge < -0.3 is 5.32 Å². The number of hydrogen-bond acceptors (Lipinski definition) is 3. The highest BCUT2D eigenvalue weighted by molar-refractivity contribution is 9.08. The van der Waals surface area contributed by atoms with Crippen molar-refractivity contribution in [3.8, 4) is 0 Å². The predicted octanol–water partition coefficient (Wildman–Crippen LogP) is 3.84. The van der Waals surface area contributed by atoms with Crippen LogP contribution < -0.4 is 5.32 Å². The van der Waals surface area contributed by atoms with Crippen molar-refractivity contribution in [1.82, 2.24) is 4.98 Å². The molecule has 113 valence electrons. The number of hydrogen-bond donors (Lipinski definition) is 1. The van der Waals surface area contributed by atoms with E-state index in [4.69, 9.17) is 0 Å². The van der Waals surface area contributed by atoms with Crippen LogP contribution >= 0.6 is 15.9 Å². The van der Waals surface area contributed by atoms with Gasteiger partial charge in [-0.05, 0) is 34.5 Å². The molecule has 0 unspecified atom stereocenters. The highest BCUT2D eigenvalue weighted by atomic mass is 79.9. The first kappa shape index (κ1) is 15.4. The summed E-state index contributed by atoms with van der Waals surface area (Å²) in [5.74, 6) is -0.285. The van der Waals surface area contributed by atoms with E-state index in [0.29, 0.717) is 16.6 Å². The molecule has 0 aliphatic carbocycles. The number of aromatic nitrogens is 1. The fourth-order valence-corrected chi connectivity index (χ4v) is 2.94. The van der Waals surface area contributed by atoms with E-state index < -0.39 is 0 Å². The third-order valence-electron chi connectivity index (χ3n) is 3.56. The Bertz CT molecular complexity index is 893. The maximum atomic E-state index is 12.6. The SMILES string of the molecule is O=[C]c1ncccc1NC(=O)c1ccc(CBr)c2ccccc12. The zero-order valence-electron chi connectivity index (χ0n) is 12.0. The van der Waals surface area contributed by atoms with Gasteiger partial charge in [0.25, 0.3) is 12.2 Å². The maximum Gasteiger partial charge on any atom is 0.256 e. The number of alkyl halides is 1. The highest BCUT2D eigenvalue weighted by Gasteiger charge is 2.14. The van der Waals surface area contributed by atoms with Gasteiger partial charge in [-0.1, -0.05) is 46.3 Å². The van der Waals surface area contributed by atoms with Crippen molar-refractivity contribution in [3.05, 3.63) is 71.5 Å². The van der Waals surface area contributed by atoms with Crippen molar-refractivity contribution in [2.75, 3.05) is 5.32 Å². The third kappa shape index (κ3) is 3.00. The van der Waals surface area contributed by atoms with Crippen molar-refractivity contribution in [2.24, 2.45) is 0 Å². The monoisotopic (exact) mass is 367 g/mol. The van der Waals surface area contributed by atoms with E-state index in [9.17, 15) is 9.59 Å². The van der Waals surface area contributed by atoms with Crippen LogP contribution in [0.1, 0.15) is 21.6 Å². The van der Waals surface area contributed by atoms with E-state index >= 15 is 0 Å². The summed E-state index contributed by atoms with van der Waals surface area (Å²) in [5.41, 5.74) is 2.09. The molecule has 3 aromatic rings. The molecule has 0 fully saturated rings. The van der Waals surface area contributed by atoms with Crippen LogP contribution in [0.5, 0.6) is 0 Å². The molecule has 0 aliphatic rings. The molecular formula is C18H12BrN2O2. The minimum Gasteiger partial charge on any atom is -0.320 e. The fraction of sp³-hybridized carbons (Fsp3) is 0.0556. The summed E-state index contributed by atoms with van der Waals surface area (Å²) in [4.78, 5) is 27.4. The molecular weight excluding hydrogens is 356 g/mol. The van der Waals surface area contributed by atoms with Gasteiger partial charge in [-0.3, -0.25) is 14.6 Å². The first-order valence-corrected chi connectivity index (χ1v) is 8.08. The zero-order chi connectivity index (χ0) is 16.2. The maximum absolute atomic E-state index is 12.6. The highest BCUT2D eigenvalue weighted by Crippen LogP contribution is 2.25. The number of carbonyl (C=O) groups excluding carboxylic acids is 2. The minimum atomic E-state index is -0.285. The lowest BCUT2D eigenvalue weighted by atomic mass is 10.00. The normalized spacial score (nSPS) is 10.5. The van der Waals surface area contributed by atoms with Crippen molar-refractivity contribution < 1.29 is 9.59 Å². The molecule has 23 heavy (non-hydrogen) atoms. The fourth-order valence-electron chi connectivity index (χ4n) is 2.45. The molecule has 0 atom stereocenters. The first-order chi connectivity index (χ1) is 11.2. The van der Waals surface area contributed by atoms with E-state index in [2.05, 4.69) is 26.2 Å². The largest absolute Gasteiger partial charge is 0.320 e. The molecule has 0 bridgehead atoms. The van der Waals surface area contributed by atoms with E-state index in [-0.39, 0.29) is 11.6 Å². The van der Waals surface area contributed by atoms with Gasteiger partial charge in [0, 0.05) is 17.1 Å². The van der Waals surface area contributed by atoms with Crippen molar-refractivity contribution in [2.45, 2.75) is 5.33 Å². The van der Waals surface area contributed by atoms with Crippen LogP contribution in [-0.2, 0) is 10.1 Å². The number of carbonyl (C=O) groups is 1. The smallest absolute Gasteiger partial charge is 0.256 e. The van der Waals surface area contributed by atoms with Crippen LogP contribution in [-0.4, -0.2) is 17.2 Å². The van der Waals surface area contributed by atoms with Gasteiger partial charge in [0.1, 0.15) is 5.69 Å². The number of pyridine rings is 1. The molecule has 0 saturated carbocycles. The average Bonchev–Trinajstić information content (AvgIpc) is 2.61. The summed E-state index contributed by atoms with van der Waals surface area (Å²) >= 11 is 3.46. The van der Waals surface area contributed by atoms with E-state index in [1.807, 2.05) is 30.3 Å². The lowest BCUT2D eigenvalue weighted by Crippen LogP contribution is -2.14. The quantitative estimate of drug-likeness (QED) is 0.712. The van der Waals surface area contributed by atoms with Crippen LogP contribution in [0.2, 0.25) is 0 Å². The van der Waals surface area contributed by atoms with Crippen molar-refractivity contribution in [3.63, 3.8) is 0 Å². The Morgan fingerprint density at radius 2 is 1.87 bits per heavy atom. The number of amides is 1. The van der Waals surface area contributed by atoms with Gasteiger partial charge in [-0.15, -0.1) is 0 Å². The molecule has 0 saturated heterocycles. The molecule has 2 aromatic carbocycles. The van der Waals surface area contributed by atoms with Crippen LogP contribution in [0.3, 0.4) is 0 Å². The Morgan fingerprint density at radius 3 is 2.61 bits per heavy atom. The number of halogens is 1. The molecule has 1 radical (unpaired) electrons. The molecule has 3 rings (SSSR count). The number of nitrogens with one attached hydrogen (secondary N) is 1. The molecule has 1 aromatic heterocycles. The zero-order valence-corrected chi connectivity index (χ0v) is 13.6. The number of anilines is 1. The number of nitrogens with zero attached hydrogens (tertiary/aromatic N) is 1. The van der Waals surface area contributed by atoms with Crippen LogP contribution in [0.15, 0.2) is 54.7 Å². The van der Waals surface area contributed by atoms with Crippen LogP contribution in [0.25, 0.3) is 10.8 Å². The Labute approximate surface area is 141 Å². The second kappa shape index (κ2) is 6.71. The van der Waals surface area contributed by atoms with Gasteiger partial charge in [-0.2, -0.15) is 0 Å². The summed E-state index contributed by atoms with van der Waals surface area (Å²) in [6.45, 7) is 0. The number of fused-ring (bicyclic) bond motifs is 1. The minimum absolute atomic E-state index is 0.0854. The molecule has 5 heteroatoms. The van der Waals surface area contributed by atoms with E-state index in [1.54, 1.807) is 24.5 Å². The summed E-state index contributed by atoms with van der Waals surface area (Å²) in [7, 11) is 0. The Balaban J connectivity index is 2.03. The van der Waals surface area contributed by atoms with Gasteiger partial charge in [0.2, 0.25) is 0 Å². The Kier molecular flexibility index (Phi) is 4.48. The van der Waals surface area contributed by atoms with Crippen LogP contribution in [0, 0.1) is 0 Å². The van der Waals surface area contributed by atoms with Gasteiger partial charge >= 0.3 is 0 Å². The Hall–Kier alpha value is -2.53. The van der Waals surface area contributed by atoms with Crippen LogP contribution in [0.4, 0.5) is 5.69 Å². The first-order valence-electron chi connectivity index (χ1n) is 6.95. The summed E-state index contributed by atoms with van der Waals surface area (Å²) in [5, 5.41) is 5.32. The predicted molar refractivity (Wildman–Crippen MR) is 93.6 cm³/mol. The molecule has 1 amide bonds. The molecule has 0 spiro atoms. The third-order valence-corrected chi connectivity index (χ3v) is 4.16. The van der Waals surface area contributed by atoms with Crippen molar-refractivity contribution in [1.29, 1.82) is 0 Å². The second-order valence-corrected chi connectivity index (χ2v) is 5.47. The summed E-state index contributed by atoms with van der Waals surface area (Å²) in [6.07, 6.45) is 3.21. The topological polar surface area (TPSA) is 59.1 Å².